The van der Waals surface area contributed by atoms with E-state index in [1.54, 1.807) is 7.05 Å². The number of carbonyl (C=O) groups is 2. The summed E-state index contributed by atoms with van der Waals surface area (Å²) in [6, 6.07) is 6.88. The highest BCUT2D eigenvalue weighted by Gasteiger charge is 2.54. The number of fused-ring (bicyclic) bond motifs is 3. The number of aliphatic hydroxyl groups is 1. The molecule has 8 nitrogen and oxygen atoms in total. The zero-order valence-corrected chi connectivity index (χ0v) is 15.7. The molecule has 4 rings (SSSR count). The Bertz CT molecular complexity index is 865. The predicted molar refractivity (Wildman–Crippen MR) is 99.3 cm³/mol. The van der Waals surface area contributed by atoms with Crippen LogP contribution < -0.4 is 0 Å². The number of hydrogen-bond acceptors (Lipinski definition) is 6. The van der Waals surface area contributed by atoms with Gasteiger partial charge >= 0.3 is 6.03 Å². The Kier molecular flexibility index (Phi) is 4.15. The Hall–Kier alpha value is -2.87. The van der Waals surface area contributed by atoms with Gasteiger partial charge in [-0.1, -0.05) is 29.8 Å². The van der Waals surface area contributed by atoms with Gasteiger partial charge < -0.3 is 19.8 Å². The number of aliphatic hydroxyl groups excluding tert-OH is 1. The number of guanidine groups is 1. The van der Waals surface area contributed by atoms with Crippen LogP contribution in [0, 0.1) is 6.92 Å². The van der Waals surface area contributed by atoms with Crippen molar-refractivity contribution in [3.05, 3.63) is 47.3 Å². The van der Waals surface area contributed by atoms with Crippen LogP contribution in [0.5, 0.6) is 0 Å². The van der Waals surface area contributed by atoms with Crippen molar-refractivity contribution in [1.29, 1.82) is 0 Å². The van der Waals surface area contributed by atoms with Crippen molar-refractivity contribution in [1.82, 2.24) is 19.6 Å². The number of aryl methyl sites for hydroxylation is 1. The van der Waals surface area contributed by atoms with Gasteiger partial charge in [0.2, 0.25) is 5.96 Å². The number of rotatable bonds is 4. The molecule has 27 heavy (non-hydrogen) atoms. The van der Waals surface area contributed by atoms with Gasteiger partial charge in [0.15, 0.2) is 12.2 Å². The largest absolute Gasteiger partial charge is 0.395 e. The van der Waals surface area contributed by atoms with E-state index in [4.69, 9.17) is 0 Å². The highest BCUT2D eigenvalue weighted by molar-refractivity contribution is 6.04. The molecule has 0 spiro atoms. The summed E-state index contributed by atoms with van der Waals surface area (Å²) in [6.45, 7) is 4.51. The first kappa shape index (κ1) is 17.5. The highest BCUT2D eigenvalue weighted by Crippen LogP contribution is 2.34. The first-order valence-electron chi connectivity index (χ1n) is 8.99. The van der Waals surface area contributed by atoms with Gasteiger partial charge in [0, 0.05) is 25.5 Å². The molecule has 3 aliphatic heterocycles. The lowest BCUT2D eigenvalue weighted by atomic mass is 10.1. The fourth-order valence-corrected chi connectivity index (χ4v) is 3.92. The van der Waals surface area contributed by atoms with E-state index in [0.29, 0.717) is 12.5 Å². The second kappa shape index (κ2) is 6.38. The van der Waals surface area contributed by atoms with E-state index in [1.165, 1.54) is 9.80 Å². The van der Waals surface area contributed by atoms with Crippen LogP contribution in [0.1, 0.15) is 18.1 Å². The van der Waals surface area contributed by atoms with Crippen molar-refractivity contribution in [2.45, 2.75) is 32.6 Å². The molecule has 1 N–H and O–H groups in total. The lowest BCUT2D eigenvalue weighted by Gasteiger charge is -2.40. The zero-order valence-electron chi connectivity index (χ0n) is 15.7. The Balaban J connectivity index is 1.64. The van der Waals surface area contributed by atoms with E-state index in [9.17, 15) is 14.7 Å². The second-order valence-electron chi connectivity index (χ2n) is 7.15. The quantitative estimate of drug-likeness (QED) is 0.854. The Morgan fingerprint density at radius 1 is 1.19 bits per heavy atom. The molecule has 1 fully saturated rings. The molecule has 1 aromatic rings. The summed E-state index contributed by atoms with van der Waals surface area (Å²) in [5, 5.41) is 9.32. The average molecular weight is 369 g/mol. The minimum absolute atomic E-state index is 0.0183. The molecule has 0 bridgehead atoms. The Morgan fingerprint density at radius 2 is 1.96 bits per heavy atom. The fourth-order valence-electron chi connectivity index (χ4n) is 3.92. The van der Waals surface area contributed by atoms with Crippen LogP contribution in [0.25, 0.3) is 0 Å². The van der Waals surface area contributed by atoms with Crippen molar-refractivity contribution >= 4 is 17.9 Å². The minimum atomic E-state index is -0.578. The summed E-state index contributed by atoms with van der Waals surface area (Å²) in [5.41, 5.74) is 2.91. The summed E-state index contributed by atoms with van der Waals surface area (Å²) < 4.78 is 0. The normalized spacial score (nSPS) is 24.3. The molecule has 0 radical (unpaired) electrons. The van der Waals surface area contributed by atoms with Crippen LogP contribution in [-0.4, -0.2) is 75.0 Å². The third-order valence-electron chi connectivity index (χ3n) is 5.25. The van der Waals surface area contributed by atoms with Gasteiger partial charge in [0.1, 0.15) is 0 Å². The van der Waals surface area contributed by atoms with E-state index in [1.807, 2.05) is 54.1 Å². The Morgan fingerprint density at radius 3 is 2.67 bits per heavy atom. The summed E-state index contributed by atoms with van der Waals surface area (Å²) in [5.74, 6) is 0.361. The second-order valence-corrected chi connectivity index (χ2v) is 7.15. The molecule has 142 valence electrons. The highest BCUT2D eigenvalue weighted by atomic mass is 16.3. The van der Waals surface area contributed by atoms with Gasteiger partial charge in [-0.25, -0.2) is 9.79 Å². The van der Waals surface area contributed by atoms with Gasteiger partial charge in [0.05, 0.1) is 13.2 Å². The summed E-state index contributed by atoms with van der Waals surface area (Å²) in [6.07, 6.45) is 1.31. The third-order valence-corrected chi connectivity index (χ3v) is 5.25. The van der Waals surface area contributed by atoms with Crippen LogP contribution >= 0.6 is 0 Å². The van der Waals surface area contributed by atoms with Crippen molar-refractivity contribution < 1.29 is 14.7 Å². The van der Waals surface area contributed by atoms with E-state index >= 15 is 0 Å². The number of nitrogens with zero attached hydrogens (tertiary/aromatic N) is 5. The summed E-state index contributed by atoms with van der Waals surface area (Å²) >= 11 is 0. The maximum Gasteiger partial charge on any atom is 0.328 e. The smallest absolute Gasteiger partial charge is 0.328 e. The molecule has 3 amide bonds. The van der Waals surface area contributed by atoms with E-state index in [2.05, 4.69) is 4.99 Å². The number of urea groups is 1. The lowest BCUT2D eigenvalue weighted by molar-refractivity contribution is -0.137. The molecule has 3 aliphatic rings. The van der Waals surface area contributed by atoms with Gasteiger partial charge in [-0.3, -0.25) is 9.69 Å². The maximum atomic E-state index is 13.2. The maximum absolute atomic E-state index is 13.2. The third kappa shape index (κ3) is 2.68. The molecule has 1 saturated heterocycles. The number of aliphatic imine (C=N–C) groups is 1. The number of imide groups is 1. The van der Waals surface area contributed by atoms with Crippen molar-refractivity contribution in [2.24, 2.45) is 4.99 Å². The van der Waals surface area contributed by atoms with E-state index < -0.39 is 12.2 Å². The number of likely N-dealkylation sites (N-methyl/N-ethyl adjacent to an activating group) is 1. The number of allylic oxidation sites excluding steroid dienone is 1. The van der Waals surface area contributed by atoms with Crippen LogP contribution in [0.15, 0.2) is 41.2 Å². The van der Waals surface area contributed by atoms with Crippen LogP contribution in [0.4, 0.5) is 4.79 Å². The lowest BCUT2D eigenvalue weighted by Crippen LogP contribution is -2.63. The van der Waals surface area contributed by atoms with Crippen LogP contribution in [-0.2, 0) is 11.3 Å². The average Bonchev–Trinajstić information content (AvgIpc) is 3.14. The molecule has 0 saturated carbocycles. The topological polar surface area (TPSA) is 79.7 Å². The first-order valence-corrected chi connectivity index (χ1v) is 8.99. The monoisotopic (exact) mass is 369 g/mol. The Labute approximate surface area is 158 Å². The summed E-state index contributed by atoms with van der Waals surface area (Å²) in [7, 11) is 1.68. The number of benzene rings is 1. The first-order chi connectivity index (χ1) is 12.9. The molecule has 0 aliphatic carbocycles. The van der Waals surface area contributed by atoms with E-state index in [-0.39, 0.29) is 25.1 Å². The van der Waals surface area contributed by atoms with Gasteiger partial charge in [0.25, 0.3) is 5.91 Å². The predicted octanol–water partition coefficient (Wildman–Crippen LogP) is 0.925. The number of amides is 3. The molecule has 2 atom stereocenters. The van der Waals surface area contributed by atoms with Crippen molar-refractivity contribution in [2.75, 3.05) is 20.2 Å². The number of hydrogen-bond donors (Lipinski definition) is 1. The van der Waals surface area contributed by atoms with E-state index in [0.717, 1.165) is 16.8 Å². The molecule has 0 aromatic heterocycles. The minimum Gasteiger partial charge on any atom is -0.395 e. The molecular weight excluding hydrogens is 346 g/mol. The SMILES string of the molecule is CC1=CN2C(=NC3C2C(=O)N(Cc2cccc(C)c2)C(=O)N3C)N1CCO. The van der Waals surface area contributed by atoms with Gasteiger partial charge in [-0.2, -0.15) is 0 Å². The fraction of sp³-hybridized carbons (Fsp3) is 0.421. The van der Waals surface area contributed by atoms with Gasteiger partial charge in [-0.05, 0) is 19.4 Å². The van der Waals surface area contributed by atoms with Crippen molar-refractivity contribution in [3.63, 3.8) is 0 Å². The van der Waals surface area contributed by atoms with Gasteiger partial charge in [-0.15, -0.1) is 0 Å². The molecule has 8 heteroatoms. The standard InChI is InChI=1S/C19H23N5O3/c1-12-5-4-6-14(9-12)11-24-17(26)15-16(21(3)19(24)27)20-18-22(7-8-25)13(2)10-23(15)18/h4-6,9-10,15-16,25H,7-8,11H2,1-3H3. The molecule has 3 heterocycles. The number of carbonyl (C=O) groups excluding carboxylic acids is 2. The molecule has 2 unspecified atom stereocenters. The van der Waals surface area contributed by atoms with Crippen molar-refractivity contribution in [3.8, 4) is 0 Å². The van der Waals surface area contributed by atoms with Crippen LogP contribution in [0.3, 0.4) is 0 Å². The van der Waals surface area contributed by atoms with Crippen LogP contribution in [0.2, 0.25) is 0 Å². The molecule has 1 aromatic carbocycles. The number of β-amino-alcohol motifs (C(OH)–C–C–N with tert-alkyl or cyclic N) is 1. The molecular formula is C19H23N5O3. The summed E-state index contributed by atoms with van der Waals surface area (Å²) in [4.78, 5) is 37.2. The zero-order chi connectivity index (χ0) is 19.3.